The van der Waals surface area contributed by atoms with Crippen molar-refractivity contribution in [2.24, 2.45) is 4.99 Å². The van der Waals surface area contributed by atoms with E-state index < -0.39 is 10.0 Å². The number of sulfonamides is 1. The first-order chi connectivity index (χ1) is 14.0. The van der Waals surface area contributed by atoms with Gasteiger partial charge >= 0.3 is 0 Å². The van der Waals surface area contributed by atoms with Crippen LogP contribution in [0.1, 0.15) is 25.6 Å². The first-order valence-electron chi connectivity index (χ1n) is 10.4. The summed E-state index contributed by atoms with van der Waals surface area (Å²) < 4.78 is 32.5. The van der Waals surface area contributed by atoms with E-state index >= 15 is 0 Å². The summed E-state index contributed by atoms with van der Waals surface area (Å²) in [7, 11) is -3.37. The Morgan fingerprint density at radius 2 is 1.90 bits per heavy atom. The number of guanidine groups is 1. The number of morpholine rings is 1. The molecule has 0 spiro atoms. The summed E-state index contributed by atoms with van der Waals surface area (Å²) in [5.74, 6) is 0.799. The van der Waals surface area contributed by atoms with Gasteiger partial charge in [0, 0.05) is 50.7 Å². The lowest BCUT2D eigenvalue weighted by molar-refractivity contribution is 0.0394. The van der Waals surface area contributed by atoms with Gasteiger partial charge in [0.25, 0.3) is 10.0 Å². The Morgan fingerprint density at radius 3 is 2.53 bits per heavy atom. The molecule has 2 rings (SSSR count). The Bertz CT molecular complexity index is 732. The molecule has 0 unspecified atom stereocenters. The molecular weight excluding hydrogens is 537 g/mol. The zero-order valence-corrected chi connectivity index (χ0v) is 22.2. The van der Waals surface area contributed by atoms with Gasteiger partial charge in [-0.2, -0.15) is 4.31 Å². The highest BCUT2D eigenvalue weighted by Gasteiger charge is 2.23. The van der Waals surface area contributed by atoms with Gasteiger partial charge in [-0.3, -0.25) is 9.89 Å². The Morgan fingerprint density at radius 1 is 1.20 bits per heavy atom. The van der Waals surface area contributed by atoms with Crippen LogP contribution < -0.4 is 10.6 Å². The first-order valence-corrected chi connectivity index (χ1v) is 12.7. The lowest BCUT2D eigenvalue weighted by atomic mass is 10.3. The number of nitrogens with one attached hydrogen (secondary N) is 2. The van der Waals surface area contributed by atoms with Crippen LogP contribution in [-0.2, 0) is 21.2 Å². The van der Waals surface area contributed by atoms with Crippen molar-refractivity contribution in [1.82, 2.24) is 19.8 Å². The van der Waals surface area contributed by atoms with E-state index in [0.29, 0.717) is 23.8 Å². The molecular formula is C19H36IN5O3S2. The molecule has 1 aliphatic heterocycles. The minimum absolute atomic E-state index is 0. The maximum absolute atomic E-state index is 12.6. The predicted molar refractivity (Wildman–Crippen MR) is 135 cm³/mol. The topological polar surface area (TPSA) is 86.3 Å². The summed E-state index contributed by atoms with van der Waals surface area (Å²) >= 11 is 1.35. The zero-order valence-electron chi connectivity index (χ0n) is 18.2. The van der Waals surface area contributed by atoms with Crippen molar-refractivity contribution in [3.05, 3.63) is 17.0 Å². The third-order valence-electron chi connectivity index (χ3n) is 4.73. The summed E-state index contributed by atoms with van der Waals surface area (Å²) in [4.78, 5) is 8.05. The number of rotatable bonds is 11. The number of hydrogen-bond donors (Lipinski definition) is 2. The van der Waals surface area contributed by atoms with Crippen LogP contribution in [0.15, 0.2) is 21.3 Å². The molecule has 0 aliphatic carbocycles. The third-order valence-corrected chi connectivity index (χ3v) is 8.40. The number of thiophene rings is 1. The smallest absolute Gasteiger partial charge is 0.252 e. The summed E-state index contributed by atoms with van der Waals surface area (Å²) in [5, 5.41) is 6.61. The third kappa shape index (κ3) is 8.58. The molecule has 0 saturated carbocycles. The SMILES string of the molecule is CCNC(=NCCN1CCOCC1)NCCc1ccc(S(=O)(=O)N(CC)CC)s1.I. The maximum Gasteiger partial charge on any atom is 0.252 e. The van der Waals surface area contributed by atoms with E-state index in [1.165, 1.54) is 15.6 Å². The van der Waals surface area contributed by atoms with Gasteiger partial charge in [0.1, 0.15) is 4.21 Å². The molecule has 0 atom stereocenters. The second-order valence-corrected chi connectivity index (χ2v) is 10.0. The molecule has 8 nitrogen and oxygen atoms in total. The van der Waals surface area contributed by atoms with Gasteiger partial charge in [0.2, 0.25) is 0 Å². The van der Waals surface area contributed by atoms with Crippen LogP contribution >= 0.6 is 35.3 Å². The lowest BCUT2D eigenvalue weighted by Crippen LogP contribution is -2.40. The van der Waals surface area contributed by atoms with E-state index in [9.17, 15) is 8.42 Å². The summed E-state index contributed by atoms with van der Waals surface area (Å²) in [5.41, 5.74) is 0. The van der Waals surface area contributed by atoms with E-state index in [1.807, 2.05) is 26.8 Å². The minimum Gasteiger partial charge on any atom is -0.379 e. The Kier molecular flexibility index (Phi) is 13.4. The molecule has 2 heterocycles. The highest BCUT2D eigenvalue weighted by Crippen LogP contribution is 2.25. The normalized spacial score (nSPS) is 15.8. The van der Waals surface area contributed by atoms with E-state index in [1.54, 1.807) is 6.07 Å². The predicted octanol–water partition coefficient (Wildman–Crippen LogP) is 1.83. The van der Waals surface area contributed by atoms with Gasteiger partial charge in [-0.15, -0.1) is 35.3 Å². The van der Waals surface area contributed by atoms with Crippen molar-refractivity contribution in [1.29, 1.82) is 0 Å². The summed E-state index contributed by atoms with van der Waals surface area (Å²) in [6, 6.07) is 3.63. The molecule has 0 bridgehead atoms. The monoisotopic (exact) mass is 573 g/mol. The van der Waals surface area contributed by atoms with Crippen LogP contribution in [0, 0.1) is 0 Å². The fraction of sp³-hybridized carbons (Fsp3) is 0.737. The molecule has 11 heteroatoms. The molecule has 1 aliphatic rings. The van der Waals surface area contributed by atoms with Crippen molar-refractivity contribution in [2.75, 3.05) is 65.6 Å². The second-order valence-electron chi connectivity index (χ2n) is 6.70. The van der Waals surface area contributed by atoms with Gasteiger partial charge in [-0.1, -0.05) is 13.8 Å². The van der Waals surface area contributed by atoms with Crippen molar-refractivity contribution >= 4 is 51.3 Å². The van der Waals surface area contributed by atoms with Crippen molar-refractivity contribution < 1.29 is 13.2 Å². The molecule has 0 amide bonds. The number of aliphatic imine (C=N–C) groups is 1. The van der Waals surface area contributed by atoms with E-state index in [2.05, 4.69) is 20.5 Å². The fourth-order valence-electron chi connectivity index (χ4n) is 3.10. The largest absolute Gasteiger partial charge is 0.379 e. The van der Waals surface area contributed by atoms with Gasteiger partial charge < -0.3 is 15.4 Å². The standard InChI is InChI=1S/C19H35N5O3S2.HI/c1-4-20-19(22-11-12-23-13-15-27-16-14-23)21-10-9-17-7-8-18(28-17)29(25,26)24(5-2)6-3;/h7-8H,4-6,9-16H2,1-3H3,(H2,20,21,22);1H. The molecule has 0 aromatic carbocycles. The lowest BCUT2D eigenvalue weighted by Gasteiger charge is -2.25. The summed E-state index contributed by atoms with van der Waals surface area (Å²) in [6.45, 7) is 13.4. The number of ether oxygens (including phenoxy) is 1. The van der Waals surface area contributed by atoms with Crippen molar-refractivity contribution in [3.8, 4) is 0 Å². The maximum atomic E-state index is 12.6. The molecule has 0 radical (unpaired) electrons. The number of nitrogens with zero attached hydrogens (tertiary/aromatic N) is 3. The van der Waals surface area contributed by atoms with E-state index in [-0.39, 0.29) is 24.0 Å². The van der Waals surface area contributed by atoms with E-state index in [0.717, 1.165) is 63.2 Å². The average molecular weight is 574 g/mol. The van der Waals surface area contributed by atoms with Crippen molar-refractivity contribution in [2.45, 2.75) is 31.4 Å². The fourth-order valence-corrected chi connectivity index (χ4v) is 6.06. The van der Waals surface area contributed by atoms with Gasteiger partial charge in [-0.25, -0.2) is 8.42 Å². The molecule has 174 valence electrons. The Balaban J connectivity index is 0.00000450. The highest BCUT2D eigenvalue weighted by atomic mass is 127. The molecule has 2 N–H and O–H groups in total. The van der Waals surface area contributed by atoms with Gasteiger partial charge in [0.05, 0.1) is 19.8 Å². The Hall–Kier alpha value is -0.470. The minimum atomic E-state index is -3.37. The molecule has 30 heavy (non-hydrogen) atoms. The first kappa shape index (κ1) is 27.6. The highest BCUT2D eigenvalue weighted by molar-refractivity contribution is 14.0. The quantitative estimate of drug-likeness (QED) is 0.239. The van der Waals surface area contributed by atoms with E-state index in [4.69, 9.17) is 4.74 Å². The number of hydrogen-bond acceptors (Lipinski definition) is 6. The Labute approximate surface area is 202 Å². The van der Waals surface area contributed by atoms with Crippen molar-refractivity contribution in [3.63, 3.8) is 0 Å². The molecule has 1 saturated heterocycles. The van der Waals surface area contributed by atoms with Crippen LogP contribution in [0.5, 0.6) is 0 Å². The van der Waals surface area contributed by atoms with Gasteiger partial charge in [0.15, 0.2) is 5.96 Å². The zero-order chi connectivity index (χ0) is 21.1. The number of halogens is 1. The second kappa shape index (κ2) is 14.6. The average Bonchev–Trinajstić information content (AvgIpc) is 3.19. The van der Waals surface area contributed by atoms with Crippen LogP contribution in [0.3, 0.4) is 0 Å². The van der Waals surface area contributed by atoms with Crippen LogP contribution in [0.2, 0.25) is 0 Å². The molecule has 1 aromatic rings. The van der Waals surface area contributed by atoms with Crippen LogP contribution in [-0.4, -0.2) is 89.2 Å². The van der Waals surface area contributed by atoms with Crippen LogP contribution in [0.4, 0.5) is 0 Å². The van der Waals surface area contributed by atoms with Crippen LogP contribution in [0.25, 0.3) is 0 Å². The van der Waals surface area contributed by atoms with Gasteiger partial charge in [-0.05, 0) is 25.5 Å². The molecule has 1 aromatic heterocycles. The molecule has 1 fully saturated rings. The summed E-state index contributed by atoms with van der Waals surface area (Å²) in [6.07, 6.45) is 0.756.